The van der Waals surface area contributed by atoms with Gasteiger partial charge in [0.2, 0.25) is 5.91 Å². The van der Waals surface area contributed by atoms with Gasteiger partial charge < -0.3 is 20.3 Å². The maximum atomic E-state index is 13.7. The highest BCUT2D eigenvalue weighted by Crippen LogP contribution is 2.44. The van der Waals surface area contributed by atoms with Crippen molar-refractivity contribution in [2.24, 2.45) is 7.05 Å². The van der Waals surface area contributed by atoms with Crippen LogP contribution in [0.4, 0.5) is 10.1 Å². The van der Waals surface area contributed by atoms with E-state index in [2.05, 4.69) is 15.6 Å². The number of carboxylic acid groups (broad SMARTS) is 1. The lowest BCUT2D eigenvalue weighted by Gasteiger charge is -2.29. The molecule has 9 heteroatoms. The fraction of sp³-hybridized carbons (Fsp3) is 0.314. The second-order valence-corrected chi connectivity index (χ2v) is 11.9. The van der Waals surface area contributed by atoms with Crippen LogP contribution in [0.15, 0.2) is 66.9 Å². The van der Waals surface area contributed by atoms with E-state index in [9.17, 15) is 18.8 Å². The number of halogens is 1. The van der Waals surface area contributed by atoms with Gasteiger partial charge in [-0.25, -0.2) is 9.18 Å². The second kappa shape index (κ2) is 12.1. The van der Waals surface area contributed by atoms with Gasteiger partial charge >= 0.3 is 5.97 Å². The average Bonchev–Trinajstić information content (AvgIpc) is 3.78. The van der Waals surface area contributed by atoms with Crippen LogP contribution >= 0.6 is 0 Å². The lowest BCUT2D eigenvalue weighted by molar-refractivity contribution is -0.131. The van der Waals surface area contributed by atoms with Gasteiger partial charge in [-0.05, 0) is 85.2 Å². The number of aryl methyl sites for hydroxylation is 1. The Morgan fingerprint density at radius 1 is 1.00 bits per heavy atom. The molecule has 3 N–H and O–H groups in total. The number of aromatic nitrogens is 2. The van der Waals surface area contributed by atoms with Gasteiger partial charge in [-0.1, -0.05) is 43.9 Å². The summed E-state index contributed by atoms with van der Waals surface area (Å²) < 4.78 is 15.8. The van der Waals surface area contributed by atoms with E-state index in [4.69, 9.17) is 5.11 Å². The van der Waals surface area contributed by atoms with Crippen LogP contribution in [0, 0.1) is 5.82 Å². The molecule has 0 aliphatic heterocycles. The van der Waals surface area contributed by atoms with Crippen molar-refractivity contribution in [2.75, 3.05) is 5.32 Å². The summed E-state index contributed by atoms with van der Waals surface area (Å²) in [5, 5.41) is 15.9. The number of nitrogens with zero attached hydrogens (tertiary/aromatic N) is 2. The summed E-state index contributed by atoms with van der Waals surface area (Å²) >= 11 is 0. The van der Waals surface area contributed by atoms with E-state index >= 15 is 0 Å². The molecule has 6 rings (SSSR count). The van der Waals surface area contributed by atoms with Crippen LogP contribution in [-0.4, -0.2) is 38.0 Å². The summed E-state index contributed by atoms with van der Waals surface area (Å²) in [7, 11) is 1.96. The summed E-state index contributed by atoms with van der Waals surface area (Å²) in [6.45, 7) is 0. The number of carboxylic acids is 1. The van der Waals surface area contributed by atoms with Crippen molar-refractivity contribution in [3.05, 3.63) is 89.4 Å². The molecule has 2 aromatic heterocycles. The molecule has 0 saturated heterocycles. The number of benzene rings is 2. The molecule has 2 amide bonds. The summed E-state index contributed by atoms with van der Waals surface area (Å²) in [4.78, 5) is 42.5. The van der Waals surface area contributed by atoms with Crippen molar-refractivity contribution in [3.63, 3.8) is 0 Å². The number of fused-ring (bicyclic) bond motifs is 1. The van der Waals surface area contributed by atoms with Gasteiger partial charge in [-0.15, -0.1) is 0 Å². The summed E-state index contributed by atoms with van der Waals surface area (Å²) in [5.41, 5.74) is 4.41. The van der Waals surface area contributed by atoms with Crippen molar-refractivity contribution >= 4 is 40.4 Å². The molecule has 0 atom stereocenters. The second-order valence-electron chi connectivity index (χ2n) is 11.9. The van der Waals surface area contributed by atoms with Crippen molar-refractivity contribution in [1.82, 2.24) is 14.9 Å². The van der Waals surface area contributed by atoms with Crippen LogP contribution in [0.25, 0.3) is 28.4 Å². The lowest BCUT2D eigenvalue weighted by Crippen LogP contribution is -2.55. The summed E-state index contributed by atoms with van der Waals surface area (Å²) in [6, 6.07) is 15.7. The Labute approximate surface area is 255 Å². The maximum Gasteiger partial charge on any atom is 0.328 e. The number of anilines is 1. The lowest BCUT2D eigenvalue weighted by atomic mass is 9.92. The van der Waals surface area contributed by atoms with Gasteiger partial charge in [-0.2, -0.15) is 0 Å². The molecule has 2 saturated carbocycles. The van der Waals surface area contributed by atoms with Gasteiger partial charge in [0.15, 0.2) is 0 Å². The molecule has 2 fully saturated rings. The van der Waals surface area contributed by atoms with Crippen LogP contribution in [0.5, 0.6) is 0 Å². The molecule has 0 unspecified atom stereocenters. The quantitative estimate of drug-likeness (QED) is 0.194. The molecule has 0 bridgehead atoms. The molecule has 2 aliphatic carbocycles. The highest BCUT2D eigenvalue weighted by Gasteiger charge is 2.42. The van der Waals surface area contributed by atoms with E-state index in [1.807, 2.05) is 29.8 Å². The molecule has 2 aliphatic rings. The molecule has 2 heterocycles. The highest BCUT2D eigenvalue weighted by atomic mass is 19.1. The third-order valence-corrected chi connectivity index (χ3v) is 9.07. The molecule has 4 aromatic rings. The first kappa shape index (κ1) is 29.3. The maximum absolute atomic E-state index is 13.7. The molecular weight excluding hydrogens is 559 g/mol. The van der Waals surface area contributed by atoms with Crippen molar-refractivity contribution < 1.29 is 23.9 Å². The van der Waals surface area contributed by atoms with Crippen LogP contribution in [-0.2, 0) is 16.6 Å². The summed E-state index contributed by atoms with van der Waals surface area (Å²) in [6.07, 6.45) is 11.0. The molecule has 8 nitrogen and oxygen atoms in total. The van der Waals surface area contributed by atoms with Gasteiger partial charge in [-0.3, -0.25) is 14.6 Å². The first-order valence-corrected chi connectivity index (χ1v) is 15.1. The standard InChI is InChI=1S/C35H35FN4O4/c1-40-29-20-24(11-15-27(29)31(23-6-2-3-7-23)32(40)28-16-12-25(36)21-37-28)33(43)39-35(18-4-5-19-35)34(44)38-26-13-8-22(9-14-26)10-17-30(41)42/h8-17,20-21,23H,2-7,18-19H2,1H3,(H,38,44)(H,39,43)(H,41,42)/b17-10+. The fourth-order valence-corrected chi connectivity index (χ4v) is 6.83. The number of hydrogen-bond acceptors (Lipinski definition) is 4. The van der Waals surface area contributed by atoms with Crippen molar-refractivity contribution in [3.8, 4) is 11.4 Å². The molecule has 2 aromatic carbocycles. The van der Waals surface area contributed by atoms with E-state index in [1.54, 1.807) is 30.3 Å². The predicted octanol–water partition coefficient (Wildman–Crippen LogP) is 6.82. The van der Waals surface area contributed by atoms with E-state index in [0.29, 0.717) is 41.3 Å². The number of rotatable bonds is 8. The monoisotopic (exact) mass is 594 g/mol. The predicted molar refractivity (Wildman–Crippen MR) is 168 cm³/mol. The van der Waals surface area contributed by atoms with Crippen LogP contribution in [0.3, 0.4) is 0 Å². The average molecular weight is 595 g/mol. The third kappa shape index (κ3) is 5.74. The van der Waals surface area contributed by atoms with E-state index in [0.717, 1.165) is 61.2 Å². The fourth-order valence-electron chi connectivity index (χ4n) is 6.83. The number of aliphatic carboxylic acids is 1. The van der Waals surface area contributed by atoms with E-state index in [1.165, 1.54) is 23.9 Å². The van der Waals surface area contributed by atoms with E-state index < -0.39 is 11.5 Å². The molecule has 0 radical (unpaired) electrons. The van der Waals surface area contributed by atoms with Gasteiger partial charge in [0, 0.05) is 35.3 Å². The number of hydrogen-bond donors (Lipinski definition) is 3. The van der Waals surface area contributed by atoms with Crippen molar-refractivity contribution in [2.45, 2.75) is 62.8 Å². The highest BCUT2D eigenvalue weighted by molar-refractivity contribution is 6.05. The Hall–Kier alpha value is -4.79. The third-order valence-electron chi connectivity index (χ3n) is 9.07. The molecule has 0 spiro atoms. The number of carbonyl (C=O) groups excluding carboxylic acids is 2. The van der Waals surface area contributed by atoms with E-state index in [-0.39, 0.29) is 17.6 Å². The molecule has 44 heavy (non-hydrogen) atoms. The first-order chi connectivity index (χ1) is 21.2. The normalized spacial score (nSPS) is 16.5. The summed E-state index contributed by atoms with van der Waals surface area (Å²) in [5.74, 6) is -1.64. The number of amides is 2. The minimum absolute atomic E-state index is 0.273. The zero-order valence-electron chi connectivity index (χ0n) is 24.6. The van der Waals surface area contributed by atoms with Gasteiger partial charge in [0.25, 0.3) is 5.91 Å². The Morgan fingerprint density at radius 3 is 2.39 bits per heavy atom. The minimum atomic E-state index is -1.04. The first-order valence-electron chi connectivity index (χ1n) is 15.1. The Bertz CT molecular complexity index is 1750. The topological polar surface area (TPSA) is 113 Å². The Balaban J connectivity index is 1.28. The van der Waals surface area contributed by atoms with Crippen LogP contribution in [0.1, 0.15) is 78.8 Å². The SMILES string of the molecule is Cn1c(-c2ccc(F)cn2)c(C2CCCC2)c2ccc(C(=O)NC3(C(=O)Nc4ccc(/C=C/C(=O)O)cc4)CCCC3)cc21. The van der Waals surface area contributed by atoms with Gasteiger partial charge in [0.1, 0.15) is 11.4 Å². The number of pyridine rings is 1. The Kier molecular flexibility index (Phi) is 8.03. The largest absolute Gasteiger partial charge is 0.478 e. The number of carbonyl (C=O) groups is 3. The van der Waals surface area contributed by atoms with Crippen molar-refractivity contribution in [1.29, 1.82) is 0 Å². The van der Waals surface area contributed by atoms with Gasteiger partial charge in [0.05, 0.1) is 17.6 Å². The zero-order valence-corrected chi connectivity index (χ0v) is 24.6. The van der Waals surface area contributed by atoms with Crippen LogP contribution in [0.2, 0.25) is 0 Å². The molecule has 226 valence electrons. The molecular formula is C35H35FN4O4. The number of nitrogens with one attached hydrogen (secondary N) is 2. The smallest absolute Gasteiger partial charge is 0.328 e. The Morgan fingerprint density at radius 2 is 1.73 bits per heavy atom. The van der Waals surface area contributed by atoms with Crippen LogP contribution < -0.4 is 10.6 Å². The zero-order chi connectivity index (χ0) is 30.8. The minimum Gasteiger partial charge on any atom is -0.478 e.